The first-order valence-corrected chi connectivity index (χ1v) is 4.51. The fraction of sp³-hybridized carbons (Fsp3) is 0.778. The summed E-state index contributed by atoms with van der Waals surface area (Å²) in [6, 6.07) is 0. The number of aliphatic hydroxyl groups excluding tert-OH is 1. The molecule has 74 valence electrons. The molecule has 1 heterocycles. The molecule has 1 rings (SSSR count). The summed E-state index contributed by atoms with van der Waals surface area (Å²) in [5, 5.41) is 8.89. The van der Waals surface area contributed by atoms with E-state index in [4.69, 9.17) is 9.84 Å². The third-order valence-corrected chi connectivity index (χ3v) is 2.24. The number of carbonyl (C=O) groups is 2. The molecule has 0 aliphatic carbocycles. The van der Waals surface area contributed by atoms with Crippen LogP contribution in [0, 0.1) is 11.8 Å². The normalized spacial score (nSPS) is 27.4. The van der Waals surface area contributed by atoms with Gasteiger partial charge in [-0.25, -0.2) is 0 Å². The van der Waals surface area contributed by atoms with Crippen molar-refractivity contribution in [3.63, 3.8) is 0 Å². The van der Waals surface area contributed by atoms with Gasteiger partial charge in [0.05, 0.1) is 13.2 Å². The predicted octanol–water partition coefficient (Wildman–Crippen LogP) is 0.137. The van der Waals surface area contributed by atoms with Crippen molar-refractivity contribution in [3.05, 3.63) is 0 Å². The SMILES string of the molecule is CCCC(=O)[C@H]1C(=O)OC[C@@H]1CO. The van der Waals surface area contributed by atoms with Crippen LogP contribution in [0.3, 0.4) is 0 Å². The molecule has 4 nitrogen and oxygen atoms in total. The molecule has 1 aliphatic heterocycles. The Balaban J connectivity index is 2.63. The van der Waals surface area contributed by atoms with Gasteiger partial charge in [-0.05, 0) is 6.42 Å². The maximum atomic E-state index is 11.4. The molecule has 0 aromatic rings. The van der Waals surface area contributed by atoms with Crippen LogP contribution in [0.15, 0.2) is 0 Å². The minimum absolute atomic E-state index is 0.107. The van der Waals surface area contributed by atoms with Crippen LogP contribution in [0.5, 0.6) is 0 Å². The number of aliphatic hydroxyl groups is 1. The molecule has 0 aromatic carbocycles. The molecule has 0 aromatic heterocycles. The molecular formula is C9H14O4. The van der Waals surface area contributed by atoms with Crippen molar-refractivity contribution >= 4 is 11.8 Å². The minimum Gasteiger partial charge on any atom is -0.465 e. The topological polar surface area (TPSA) is 63.6 Å². The van der Waals surface area contributed by atoms with E-state index in [1.807, 2.05) is 6.92 Å². The summed E-state index contributed by atoms with van der Waals surface area (Å²) in [5.74, 6) is -1.63. The van der Waals surface area contributed by atoms with Crippen molar-refractivity contribution in [1.29, 1.82) is 0 Å². The van der Waals surface area contributed by atoms with Gasteiger partial charge in [0.15, 0.2) is 0 Å². The van der Waals surface area contributed by atoms with E-state index in [9.17, 15) is 9.59 Å². The van der Waals surface area contributed by atoms with Crippen molar-refractivity contribution in [3.8, 4) is 0 Å². The quantitative estimate of drug-likeness (QED) is 0.501. The van der Waals surface area contributed by atoms with Gasteiger partial charge in [-0.2, -0.15) is 0 Å². The first-order chi connectivity index (χ1) is 6.20. The summed E-state index contributed by atoms with van der Waals surface area (Å²) in [7, 11) is 0. The highest BCUT2D eigenvalue weighted by atomic mass is 16.5. The van der Waals surface area contributed by atoms with Gasteiger partial charge in [0.1, 0.15) is 11.7 Å². The Kier molecular flexibility index (Phi) is 3.42. The number of ketones is 1. The molecule has 1 N–H and O–H groups in total. The molecule has 2 atom stereocenters. The van der Waals surface area contributed by atoms with E-state index in [0.29, 0.717) is 6.42 Å². The highest BCUT2D eigenvalue weighted by Gasteiger charge is 2.40. The Morgan fingerprint density at radius 2 is 2.38 bits per heavy atom. The van der Waals surface area contributed by atoms with Crippen LogP contribution in [0.4, 0.5) is 0 Å². The zero-order valence-corrected chi connectivity index (χ0v) is 7.66. The number of carbonyl (C=O) groups excluding carboxylic acids is 2. The van der Waals surface area contributed by atoms with Gasteiger partial charge in [-0.15, -0.1) is 0 Å². The first-order valence-electron chi connectivity index (χ1n) is 4.51. The monoisotopic (exact) mass is 186 g/mol. The molecule has 0 amide bonds. The second-order valence-electron chi connectivity index (χ2n) is 3.27. The van der Waals surface area contributed by atoms with Crippen molar-refractivity contribution in [1.82, 2.24) is 0 Å². The predicted molar refractivity (Wildman–Crippen MR) is 44.9 cm³/mol. The van der Waals surface area contributed by atoms with Gasteiger partial charge in [0.25, 0.3) is 0 Å². The van der Waals surface area contributed by atoms with E-state index < -0.39 is 11.9 Å². The number of esters is 1. The Morgan fingerprint density at radius 1 is 1.69 bits per heavy atom. The molecule has 1 aliphatic rings. The second-order valence-corrected chi connectivity index (χ2v) is 3.27. The van der Waals surface area contributed by atoms with Crippen LogP contribution in [-0.4, -0.2) is 30.1 Å². The first kappa shape index (κ1) is 10.2. The van der Waals surface area contributed by atoms with Gasteiger partial charge in [0.2, 0.25) is 0 Å². The van der Waals surface area contributed by atoms with Gasteiger partial charge < -0.3 is 9.84 Å². The lowest BCUT2D eigenvalue weighted by molar-refractivity contribution is -0.144. The van der Waals surface area contributed by atoms with Gasteiger partial charge in [-0.1, -0.05) is 6.92 Å². The lowest BCUT2D eigenvalue weighted by Gasteiger charge is -2.09. The smallest absolute Gasteiger partial charge is 0.316 e. The Bertz CT molecular complexity index is 212. The molecule has 0 saturated carbocycles. The number of Topliss-reactive ketones (excluding diaryl/α,β-unsaturated/α-hetero) is 1. The van der Waals surface area contributed by atoms with Crippen LogP contribution in [0.25, 0.3) is 0 Å². The third kappa shape index (κ3) is 2.06. The lowest BCUT2D eigenvalue weighted by Crippen LogP contribution is -2.27. The summed E-state index contributed by atoms with van der Waals surface area (Å²) in [6.45, 7) is 1.90. The molecule has 1 saturated heterocycles. The highest BCUT2D eigenvalue weighted by Crippen LogP contribution is 2.24. The number of rotatable bonds is 4. The van der Waals surface area contributed by atoms with Crippen LogP contribution in [0.2, 0.25) is 0 Å². The zero-order chi connectivity index (χ0) is 9.84. The molecular weight excluding hydrogens is 172 g/mol. The highest BCUT2D eigenvalue weighted by molar-refractivity contribution is 6.00. The summed E-state index contributed by atoms with van der Waals surface area (Å²) in [5.41, 5.74) is 0. The van der Waals surface area contributed by atoms with Crippen molar-refractivity contribution < 1.29 is 19.4 Å². The van der Waals surface area contributed by atoms with Crippen molar-refractivity contribution in [2.45, 2.75) is 19.8 Å². The molecule has 0 bridgehead atoms. The summed E-state index contributed by atoms with van der Waals surface area (Å²) in [4.78, 5) is 22.5. The summed E-state index contributed by atoms with van der Waals surface area (Å²) >= 11 is 0. The van der Waals surface area contributed by atoms with E-state index in [0.717, 1.165) is 6.42 Å². The van der Waals surface area contributed by atoms with E-state index in [-0.39, 0.29) is 24.9 Å². The average molecular weight is 186 g/mol. The van der Waals surface area contributed by atoms with Crippen molar-refractivity contribution in [2.75, 3.05) is 13.2 Å². The van der Waals surface area contributed by atoms with Crippen molar-refractivity contribution in [2.24, 2.45) is 11.8 Å². The molecule has 0 unspecified atom stereocenters. The van der Waals surface area contributed by atoms with E-state index >= 15 is 0 Å². The Labute approximate surface area is 76.9 Å². The minimum atomic E-state index is -0.718. The van der Waals surface area contributed by atoms with Crippen LogP contribution >= 0.6 is 0 Å². The fourth-order valence-corrected chi connectivity index (χ4v) is 1.52. The number of hydrogen-bond donors (Lipinski definition) is 1. The molecule has 1 fully saturated rings. The lowest BCUT2D eigenvalue weighted by atomic mass is 9.90. The molecule has 4 heteroatoms. The summed E-state index contributed by atoms with van der Waals surface area (Å²) in [6.07, 6.45) is 1.11. The maximum absolute atomic E-state index is 11.4. The van der Waals surface area contributed by atoms with Crippen LogP contribution in [0.1, 0.15) is 19.8 Å². The maximum Gasteiger partial charge on any atom is 0.316 e. The number of ether oxygens (including phenoxy) is 1. The van der Waals surface area contributed by atoms with E-state index in [2.05, 4.69) is 0 Å². The number of hydrogen-bond acceptors (Lipinski definition) is 4. The van der Waals surface area contributed by atoms with Crippen LogP contribution in [-0.2, 0) is 14.3 Å². The zero-order valence-electron chi connectivity index (χ0n) is 7.66. The summed E-state index contributed by atoms with van der Waals surface area (Å²) < 4.78 is 4.72. The molecule has 0 spiro atoms. The average Bonchev–Trinajstić information content (AvgIpc) is 2.47. The molecule has 0 radical (unpaired) electrons. The fourth-order valence-electron chi connectivity index (χ4n) is 1.52. The van der Waals surface area contributed by atoms with E-state index in [1.54, 1.807) is 0 Å². The second kappa shape index (κ2) is 4.37. The van der Waals surface area contributed by atoms with E-state index in [1.165, 1.54) is 0 Å². The standard InChI is InChI=1S/C9H14O4/c1-2-3-7(11)8-6(4-10)5-13-9(8)12/h6,8,10H,2-5H2,1H3/t6-,8-/m0/s1. The third-order valence-electron chi connectivity index (χ3n) is 2.24. The molecule has 13 heavy (non-hydrogen) atoms. The van der Waals surface area contributed by atoms with Gasteiger partial charge in [-0.3, -0.25) is 9.59 Å². The van der Waals surface area contributed by atoms with Crippen LogP contribution < -0.4 is 0 Å². The Morgan fingerprint density at radius 3 is 2.92 bits per heavy atom. The van der Waals surface area contributed by atoms with Gasteiger partial charge >= 0.3 is 5.97 Å². The number of cyclic esters (lactones) is 1. The van der Waals surface area contributed by atoms with Gasteiger partial charge in [0, 0.05) is 12.3 Å². The largest absolute Gasteiger partial charge is 0.465 e. The Hall–Kier alpha value is -0.900.